The SMILES string of the molecule is COC(=O)c1ncc(S(C)(=O)=O)cc1Cc1ccc(Cl)cc1. The number of ether oxygens (including phenoxy) is 1. The van der Waals surface area contributed by atoms with Gasteiger partial charge in [0.2, 0.25) is 0 Å². The lowest BCUT2D eigenvalue weighted by molar-refractivity contribution is 0.0592. The third-order valence-corrected chi connectivity index (χ3v) is 4.39. The van der Waals surface area contributed by atoms with Crippen LogP contribution in [0.2, 0.25) is 5.02 Å². The van der Waals surface area contributed by atoms with Crippen LogP contribution in [0, 0.1) is 0 Å². The number of methoxy groups -OCH3 is 1. The number of carbonyl (C=O) groups excluding carboxylic acids is 1. The second kappa shape index (κ2) is 6.46. The summed E-state index contributed by atoms with van der Waals surface area (Å²) in [6.45, 7) is 0. The number of benzene rings is 1. The molecule has 0 aliphatic rings. The van der Waals surface area contributed by atoms with Gasteiger partial charge >= 0.3 is 5.97 Å². The summed E-state index contributed by atoms with van der Waals surface area (Å²) >= 11 is 5.84. The van der Waals surface area contributed by atoms with Gasteiger partial charge in [0, 0.05) is 17.5 Å². The number of pyridine rings is 1. The number of hydrogen-bond donors (Lipinski definition) is 0. The van der Waals surface area contributed by atoms with Crippen LogP contribution in [0.1, 0.15) is 21.6 Å². The maximum Gasteiger partial charge on any atom is 0.356 e. The maximum atomic E-state index is 11.8. The van der Waals surface area contributed by atoms with Crippen LogP contribution in [-0.4, -0.2) is 32.7 Å². The fourth-order valence-corrected chi connectivity index (χ4v) is 2.66. The average molecular weight is 340 g/mol. The first-order valence-electron chi connectivity index (χ1n) is 6.33. The van der Waals surface area contributed by atoms with E-state index < -0.39 is 15.8 Å². The molecule has 0 spiro atoms. The van der Waals surface area contributed by atoms with Crippen LogP contribution in [0.3, 0.4) is 0 Å². The summed E-state index contributed by atoms with van der Waals surface area (Å²) in [6.07, 6.45) is 2.60. The highest BCUT2D eigenvalue weighted by Crippen LogP contribution is 2.19. The van der Waals surface area contributed by atoms with E-state index in [0.29, 0.717) is 17.0 Å². The van der Waals surface area contributed by atoms with E-state index in [1.54, 1.807) is 24.3 Å². The van der Waals surface area contributed by atoms with Gasteiger partial charge in [0.15, 0.2) is 15.5 Å². The van der Waals surface area contributed by atoms with Crippen molar-refractivity contribution in [3.63, 3.8) is 0 Å². The van der Waals surface area contributed by atoms with Crippen molar-refractivity contribution in [2.45, 2.75) is 11.3 Å². The highest BCUT2D eigenvalue weighted by Gasteiger charge is 2.18. The number of sulfone groups is 1. The first-order chi connectivity index (χ1) is 10.3. The highest BCUT2D eigenvalue weighted by atomic mass is 35.5. The summed E-state index contributed by atoms with van der Waals surface area (Å²) in [5.41, 5.74) is 1.46. The Morgan fingerprint density at radius 1 is 1.27 bits per heavy atom. The molecule has 22 heavy (non-hydrogen) atoms. The highest BCUT2D eigenvalue weighted by molar-refractivity contribution is 7.90. The molecular weight excluding hydrogens is 326 g/mol. The van der Waals surface area contributed by atoms with E-state index in [-0.39, 0.29) is 10.6 Å². The molecule has 1 aromatic carbocycles. The predicted molar refractivity (Wildman–Crippen MR) is 82.9 cm³/mol. The largest absolute Gasteiger partial charge is 0.464 e. The molecule has 2 rings (SSSR count). The normalized spacial score (nSPS) is 11.2. The van der Waals surface area contributed by atoms with Crippen molar-refractivity contribution in [1.29, 1.82) is 0 Å². The molecule has 0 unspecified atom stereocenters. The van der Waals surface area contributed by atoms with Crippen LogP contribution in [0.4, 0.5) is 0 Å². The summed E-state index contributed by atoms with van der Waals surface area (Å²) in [5.74, 6) is -0.607. The Bertz CT molecular complexity index is 801. The average Bonchev–Trinajstić information content (AvgIpc) is 2.48. The molecule has 0 aliphatic heterocycles. The quantitative estimate of drug-likeness (QED) is 0.800. The molecule has 0 atom stereocenters. The minimum atomic E-state index is -3.41. The lowest BCUT2D eigenvalue weighted by atomic mass is 10.0. The van der Waals surface area contributed by atoms with Crippen molar-refractivity contribution in [2.75, 3.05) is 13.4 Å². The van der Waals surface area contributed by atoms with Crippen molar-refractivity contribution in [1.82, 2.24) is 4.98 Å². The Balaban J connectivity index is 2.49. The summed E-state index contributed by atoms with van der Waals surface area (Å²) in [5, 5.41) is 0.597. The smallest absolute Gasteiger partial charge is 0.356 e. The molecule has 0 fully saturated rings. The molecule has 7 heteroatoms. The molecule has 0 amide bonds. The number of rotatable bonds is 4. The Morgan fingerprint density at radius 2 is 1.91 bits per heavy atom. The summed E-state index contributed by atoms with van der Waals surface area (Å²) in [6, 6.07) is 8.50. The Labute approximate surface area is 133 Å². The molecule has 0 saturated heterocycles. The van der Waals surface area contributed by atoms with E-state index in [9.17, 15) is 13.2 Å². The fraction of sp³-hybridized carbons (Fsp3) is 0.200. The monoisotopic (exact) mass is 339 g/mol. The van der Waals surface area contributed by atoms with Gasteiger partial charge in [-0.3, -0.25) is 0 Å². The van der Waals surface area contributed by atoms with Crippen LogP contribution in [0.25, 0.3) is 0 Å². The van der Waals surface area contributed by atoms with E-state index in [0.717, 1.165) is 18.0 Å². The van der Waals surface area contributed by atoms with Gasteiger partial charge in [-0.2, -0.15) is 0 Å². The second-order valence-electron chi connectivity index (χ2n) is 4.75. The van der Waals surface area contributed by atoms with Crippen LogP contribution in [0.15, 0.2) is 41.4 Å². The molecule has 116 valence electrons. The number of hydrogen-bond acceptors (Lipinski definition) is 5. The van der Waals surface area contributed by atoms with E-state index in [2.05, 4.69) is 9.72 Å². The Kier molecular flexibility index (Phi) is 4.83. The number of carbonyl (C=O) groups is 1. The predicted octanol–water partition coefficient (Wildman–Crippen LogP) is 2.52. The van der Waals surface area contributed by atoms with Crippen molar-refractivity contribution in [2.24, 2.45) is 0 Å². The van der Waals surface area contributed by atoms with Gasteiger partial charge in [-0.05, 0) is 35.7 Å². The maximum absolute atomic E-state index is 11.8. The second-order valence-corrected chi connectivity index (χ2v) is 7.20. The van der Waals surface area contributed by atoms with Gasteiger partial charge in [-0.15, -0.1) is 0 Å². The molecule has 0 saturated carbocycles. The van der Waals surface area contributed by atoms with Crippen LogP contribution in [-0.2, 0) is 21.0 Å². The molecule has 0 bridgehead atoms. The molecular formula is C15H14ClNO4S. The minimum Gasteiger partial charge on any atom is -0.464 e. The van der Waals surface area contributed by atoms with Crippen molar-refractivity contribution < 1.29 is 17.9 Å². The lowest BCUT2D eigenvalue weighted by Crippen LogP contribution is -2.11. The number of aromatic nitrogens is 1. The third kappa shape index (κ3) is 3.84. The van der Waals surface area contributed by atoms with Gasteiger partial charge in [0.25, 0.3) is 0 Å². The molecule has 1 aromatic heterocycles. The molecule has 0 aliphatic carbocycles. The zero-order valence-electron chi connectivity index (χ0n) is 12.0. The molecule has 5 nitrogen and oxygen atoms in total. The van der Waals surface area contributed by atoms with Gasteiger partial charge in [0.05, 0.1) is 12.0 Å². The van der Waals surface area contributed by atoms with Gasteiger partial charge in [-0.25, -0.2) is 18.2 Å². The van der Waals surface area contributed by atoms with Gasteiger partial charge < -0.3 is 4.74 Å². The fourth-order valence-electron chi connectivity index (χ4n) is 1.93. The molecule has 0 radical (unpaired) electrons. The van der Waals surface area contributed by atoms with Crippen molar-refractivity contribution in [3.05, 3.63) is 58.4 Å². The third-order valence-electron chi connectivity index (χ3n) is 3.06. The van der Waals surface area contributed by atoms with Gasteiger partial charge in [-0.1, -0.05) is 23.7 Å². The first kappa shape index (κ1) is 16.5. The topological polar surface area (TPSA) is 73.3 Å². The minimum absolute atomic E-state index is 0.0594. The number of nitrogens with zero attached hydrogens (tertiary/aromatic N) is 1. The summed E-state index contributed by atoms with van der Waals surface area (Å²) < 4.78 is 28.0. The van der Waals surface area contributed by atoms with E-state index in [1.807, 2.05) is 0 Å². The number of halogens is 1. The zero-order valence-corrected chi connectivity index (χ0v) is 13.6. The van der Waals surface area contributed by atoms with Gasteiger partial charge in [0.1, 0.15) is 0 Å². The van der Waals surface area contributed by atoms with E-state index in [1.165, 1.54) is 13.2 Å². The zero-order chi connectivity index (χ0) is 16.3. The van der Waals surface area contributed by atoms with Crippen LogP contribution >= 0.6 is 11.6 Å². The lowest BCUT2D eigenvalue weighted by Gasteiger charge is -2.09. The molecule has 2 aromatic rings. The molecule has 1 heterocycles. The van der Waals surface area contributed by atoms with Crippen LogP contribution in [0.5, 0.6) is 0 Å². The summed E-state index contributed by atoms with van der Waals surface area (Å²) in [7, 11) is -2.16. The Morgan fingerprint density at radius 3 is 2.45 bits per heavy atom. The summed E-state index contributed by atoms with van der Waals surface area (Å²) in [4.78, 5) is 15.8. The Hall–Kier alpha value is -1.92. The van der Waals surface area contributed by atoms with E-state index in [4.69, 9.17) is 11.6 Å². The number of esters is 1. The van der Waals surface area contributed by atoms with Crippen molar-refractivity contribution >= 4 is 27.4 Å². The van der Waals surface area contributed by atoms with Crippen LogP contribution < -0.4 is 0 Å². The standard InChI is InChI=1S/C15H14ClNO4S/c1-21-15(18)14-11(7-10-3-5-12(16)6-4-10)8-13(9-17-14)22(2,19)20/h3-6,8-9H,7H2,1-2H3. The molecule has 0 N–H and O–H groups in total. The first-order valence-corrected chi connectivity index (χ1v) is 8.60. The van der Waals surface area contributed by atoms with E-state index >= 15 is 0 Å². The van der Waals surface area contributed by atoms with Crippen molar-refractivity contribution in [3.8, 4) is 0 Å².